The smallest absolute Gasteiger partial charge is 0.247 e. The quantitative estimate of drug-likeness (QED) is 0.399. The minimum atomic E-state index is -1.07. The van der Waals surface area contributed by atoms with E-state index in [1.807, 2.05) is 77.0 Å². The van der Waals surface area contributed by atoms with Crippen molar-refractivity contribution in [3.05, 3.63) is 65.7 Å². The predicted molar refractivity (Wildman–Crippen MR) is 155 cm³/mol. The van der Waals surface area contributed by atoms with Crippen molar-refractivity contribution in [1.82, 2.24) is 20.9 Å². The number of amides is 3. The second-order valence-corrected chi connectivity index (χ2v) is 11.5. The van der Waals surface area contributed by atoms with Crippen LogP contribution in [0.2, 0.25) is 0 Å². The molecule has 2 aromatic rings. The number of nitrogens with one attached hydrogen (secondary N) is 3. The Labute approximate surface area is 237 Å². The lowest BCUT2D eigenvalue weighted by Gasteiger charge is -2.34. The van der Waals surface area contributed by atoms with Crippen molar-refractivity contribution < 1.29 is 24.2 Å². The van der Waals surface area contributed by atoms with E-state index in [1.165, 1.54) is 0 Å². The Morgan fingerprint density at radius 3 is 2.25 bits per heavy atom. The molecule has 0 fully saturated rings. The van der Waals surface area contributed by atoms with Gasteiger partial charge in [-0.15, -0.1) is 0 Å². The van der Waals surface area contributed by atoms with Gasteiger partial charge in [-0.3, -0.25) is 19.3 Å². The highest BCUT2D eigenvalue weighted by molar-refractivity contribution is 5.93. The number of likely N-dealkylation sites (N-methyl/N-ethyl adjacent to an activating group) is 1. The van der Waals surface area contributed by atoms with Crippen molar-refractivity contribution in [3.8, 4) is 5.75 Å². The van der Waals surface area contributed by atoms with E-state index in [-0.39, 0.29) is 24.3 Å². The molecule has 4 rings (SSSR count). The summed E-state index contributed by atoms with van der Waals surface area (Å²) in [5, 5.41) is 19.2. The molecule has 9 heteroatoms. The molecule has 0 saturated heterocycles. The van der Waals surface area contributed by atoms with Gasteiger partial charge in [0.05, 0.1) is 12.1 Å². The standard InChI is InChI=1S/C31H44N4O5/c1-19(2)16-24-29(37)32-18-26(36)22-12-14-23(15-13-22)40-28(20(3)4)27(31(39)33-24)34-30(38)25(35(5)6)17-21-10-8-7-9-11-21/h7-15,19-20,24-28,36H,16-18H2,1-6H3,(H,32,37)(H,33,39)(H,34,38)/t24-,25+,26-,27+,28-/m1/s1. The molecular formula is C31H44N4O5. The first-order valence-electron chi connectivity index (χ1n) is 14.0. The lowest BCUT2D eigenvalue weighted by molar-refractivity contribution is -0.136. The van der Waals surface area contributed by atoms with Crippen LogP contribution in [0.1, 0.15) is 51.3 Å². The summed E-state index contributed by atoms with van der Waals surface area (Å²) in [4.78, 5) is 42.6. The Balaban J connectivity index is 1.99. The molecule has 218 valence electrons. The molecule has 2 aliphatic heterocycles. The average Bonchev–Trinajstić information content (AvgIpc) is 2.91. The van der Waals surface area contributed by atoms with Gasteiger partial charge in [-0.25, -0.2) is 0 Å². The Kier molecular flexibility index (Phi) is 11.1. The monoisotopic (exact) mass is 552 g/mol. The average molecular weight is 553 g/mol. The molecule has 5 atom stereocenters. The van der Waals surface area contributed by atoms with E-state index in [9.17, 15) is 19.5 Å². The van der Waals surface area contributed by atoms with E-state index in [4.69, 9.17) is 4.74 Å². The molecule has 2 aromatic carbocycles. The third kappa shape index (κ3) is 8.53. The van der Waals surface area contributed by atoms with E-state index in [0.29, 0.717) is 24.2 Å². The number of rotatable bonds is 8. The molecule has 9 nitrogen and oxygen atoms in total. The Bertz CT molecular complexity index is 1120. The van der Waals surface area contributed by atoms with Crippen LogP contribution in [0.3, 0.4) is 0 Å². The Morgan fingerprint density at radius 2 is 1.68 bits per heavy atom. The molecule has 40 heavy (non-hydrogen) atoms. The molecule has 0 radical (unpaired) electrons. The second kappa shape index (κ2) is 14.3. The summed E-state index contributed by atoms with van der Waals surface area (Å²) in [6.45, 7) is 7.77. The van der Waals surface area contributed by atoms with Gasteiger partial charge in [0, 0.05) is 6.54 Å². The van der Waals surface area contributed by atoms with Crippen LogP contribution in [0.25, 0.3) is 0 Å². The minimum absolute atomic E-state index is 0.00227. The first kappa shape index (κ1) is 31.1. The van der Waals surface area contributed by atoms with Crippen LogP contribution in [0.15, 0.2) is 54.6 Å². The van der Waals surface area contributed by atoms with Gasteiger partial charge < -0.3 is 25.8 Å². The maximum Gasteiger partial charge on any atom is 0.247 e. The molecule has 0 unspecified atom stereocenters. The van der Waals surface area contributed by atoms with Crippen molar-refractivity contribution in [2.45, 2.75) is 70.9 Å². The number of carbonyl (C=O) groups is 3. The van der Waals surface area contributed by atoms with E-state index in [0.717, 1.165) is 5.56 Å². The Hall–Kier alpha value is -3.43. The molecule has 0 saturated carbocycles. The third-order valence-electron chi connectivity index (χ3n) is 7.11. The fourth-order valence-corrected chi connectivity index (χ4v) is 4.81. The number of fused-ring (bicyclic) bond motifs is 11. The number of nitrogens with zero attached hydrogens (tertiary/aromatic N) is 1. The van der Waals surface area contributed by atoms with E-state index in [1.54, 1.807) is 24.3 Å². The van der Waals surface area contributed by atoms with Crippen LogP contribution in [-0.2, 0) is 20.8 Å². The molecule has 3 amide bonds. The highest BCUT2D eigenvalue weighted by Gasteiger charge is 2.38. The molecule has 2 bridgehead atoms. The van der Waals surface area contributed by atoms with Crippen LogP contribution in [-0.4, -0.2) is 72.6 Å². The van der Waals surface area contributed by atoms with Gasteiger partial charge in [-0.2, -0.15) is 0 Å². The van der Waals surface area contributed by atoms with Gasteiger partial charge in [0.2, 0.25) is 17.7 Å². The fourth-order valence-electron chi connectivity index (χ4n) is 4.81. The van der Waals surface area contributed by atoms with Gasteiger partial charge in [0.15, 0.2) is 0 Å². The van der Waals surface area contributed by atoms with Gasteiger partial charge in [0.25, 0.3) is 0 Å². The van der Waals surface area contributed by atoms with E-state index < -0.39 is 42.1 Å². The van der Waals surface area contributed by atoms with Crippen LogP contribution in [0.4, 0.5) is 0 Å². The number of aliphatic hydroxyl groups is 1. The van der Waals surface area contributed by atoms with Crippen LogP contribution < -0.4 is 20.7 Å². The van der Waals surface area contributed by atoms with E-state index in [2.05, 4.69) is 16.0 Å². The topological polar surface area (TPSA) is 120 Å². The number of ether oxygens (including phenoxy) is 1. The molecule has 2 aliphatic rings. The minimum Gasteiger partial charge on any atom is -0.487 e. The largest absolute Gasteiger partial charge is 0.487 e. The number of benzene rings is 2. The van der Waals surface area contributed by atoms with Crippen molar-refractivity contribution in [3.63, 3.8) is 0 Å². The van der Waals surface area contributed by atoms with Crippen LogP contribution in [0, 0.1) is 11.8 Å². The number of hydrogen-bond donors (Lipinski definition) is 4. The zero-order valence-corrected chi connectivity index (χ0v) is 24.4. The number of aliphatic hydroxyl groups excluding tert-OH is 1. The maximum absolute atomic E-state index is 13.9. The number of hydrogen-bond acceptors (Lipinski definition) is 6. The van der Waals surface area contributed by atoms with Gasteiger partial charge >= 0.3 is 0 Å². The van der Waals surface area contributed by atoms with Gasteiger partial charge in [-0.1, -0.05) is 70.2 Å². The van der Waals surface area contributed by atoms with Crippen LogP contribution in [0.5, 0.6) is 5.75 Å². The molecular weight excluding hydrogens is 508 g/mol. The summed E-state index contributed by atoms with van der Waals surface area (Å²) in [6, 6.07) is 14.2. The first-order valence-corrected chi connectivity index (χ1v) is 14.0. The summed E-state index contributed by atoms with van der Waals surface area (Å²) in [5.41, 5.74) is 1.63. The predicted octanol–water partition coefficient (Wildman–Crippen LogP) is 2.44. The summed E-state index contributed by atoms with van der Waals surface area (Å²) in [7, 11) is 3.66. The number of carbonyl (C=O) groups excluding carboxylic acids is 3. The van der Waals surface area contributed by atoms with Gasteiger partial charge in [-0.05, 0) is 62.0 Å². The summed E-state index contributed by atoms with van der Waals surface area (Å²) >= 11 is 0. The molecule has 0 aromatic heterocycles. The molecule has 2 heterocycles. The fraction of sp³-hybridized carbons (Fsp3) is 0.516. The zero-order chi connectivity index (χ0) is 29.4. The maximum atomic E-state index is 13.9. The van der Waals surface area contributed by atoms with Crippen molar-refractivity contribution >= 4 is 17.7 Å². The summed E-state index contributed by atoms with van der Waals surface area (Å²) < 4.78 is 6.32. The molecule has 0 aliphatic carbocycles. The zero-order valence-electron chi connectivity index (χ0n) is 24.4. The van der Waals surface area contributed by atoms with Crippen molar-refractivity contribution in [1.29, 1.82) is 0 Å². The highest BCUT2D eigenvalue weighted by Crippen LogP contribution is 2.23. The first-order chi connectivity index (χ1) is 19.0. The highest BCUT2D eigenvalue weighted by atomic mass is 16.5. The summed E-state index contributed by atoms with van der Waals surface area (Å²) in [6.07, 6.45) is -0.783. The van der Waals surface area contributed by atoms with Crippen LogP contribution >= 0.6 is 0 Å². The van der Waals surface area contributed by atoms with E-state index >= 15 is 0 Å². The Morgan fingerprint density at radius 1 is 1.02 bits per heavy atom. The lowest BCUT2D eigenvalue weighted by atomic mass is 9.95. The third-order valence-corrected chi connectivity index (χ3v) is 7.11. The molecule has 4 N–H and O–H groups in total. The van der Waals surface area contributed by atoms with Crippen molar-refractivity contribution in [2.75, 3.05) is 20.6 Å². The molecule has 0 spiro atoms. The normalized spacial score (nSPS) is 22.9. The lowest BCUT2D eigenvalue weighted by Crippen LogP contribution is -2.62. The van der Waals surface area contributed by atoms with Gasteiger partial charge in [0.1, 0.15) is 23.9 Å². The summed E-state index contributed by atoms with van der Waals surface area (Å²) in [5.74, 6) is -0.751. The van der Waals surface area contributed by atoms with Crippen molar-refractivity contribution in [2.24, 2.45) is 11.8 Å². The SMILES string of the molecule is CC(C)C[C@H]1NC(=O)[C@@H](NC(=O)[C@H](Cc2ccccc2)N(C)C)[C@@H](C(C)C)Oc2ccc(cc2)[C@H](O)CNC1=O. The second-order valence-electron chi connectivity index (χ2n) is 11.5.